The lowest BCUT2D eigenvalue weighted by Gasteiger charge is -2.36. The van der Waals surface area contributed by atoms with Crippen molar-refractivity contribution in [3.05, 3.63) is 57.6 Å². The summed E-state index contributed by atoms with van der Waals surface area (Å²) < 4.78 is 5.74. The van der Waals surface area contributed by atoms with Gasteiger partial charge in [-0.3, -0.25) is 9.59 Å². The monoisotopic (exact) mass is 969 g/mol. The fourth-order valence-electron chi connectivity index (χ4n) is 9.08. The van der Waals surface area contributed by atoms with E-state index in [1.54, 1.807) is 23.5 Å². The normalized spacial score (nSPS) is 13.1. The van der Waals surface area contributed by atoms with Crippen LogP contribution in [0.2, 0.25) is 0 Å². The molecule has 0 atom stereocenters. The maximum Gasteiger partial charge on any atom is 0.326 e. The van der Waals surface area contributed by atoms with Gasteiger partial charge in [-0.1, -0.05) is 237 Å². The van der Waals surface area contributed by atoms with Gasteiger partial charge in [0.25, 0.3) is 0 Å². The van der Waals surface area contributed by atoms with E-state index in [1.807, 2.05) is 114 Å². The number of esters is 1. The second kappa shape index (κ2) is 27.9. The molecule has 0 spiro atoms. The van der Waals surface area contributed by atoms with Gasteiger partial charge in [0.05, 0.1) is 0 Å². The molecule has 0 amide bonds. The molecule has 67 heavy (non-hydrogen) atoms. The zero-order valence-corrected chi connectivity index (χ0v) is 47.3. The molecule has 0 unspecified atom stereocenters. The maximum absolute atomic E-state index is 15.5. The Morgan fingerprint density at radius 3 is 0.940 bits per heavy atom. The average Bonchev–Trinajstić information content (AvgIpc) is 3.21. The van der Waals surface area contributed by atoms with E-state index in [0.717, 1.165) is 37.2 Å². The third kappa shape index (κ3) is 20.5. The number of hydrogen-bond donors (Lipinski definition) is 3. The SMILES string of the molecule is CCCCCCCCCCCCSC(C)(OC(=O)C(Cc1cc(C(C)(C)C)c(O)c(C(C)(C)C)c1)(Cc1cc(C(C)(C)C)c(O)c(C(C)(C)C)c1)C(=O)O)SCCCCCCCCCCCC. The molecule has 2 rings (SSSR count). The number of phenolic OH excluding ortho intramolecular Hbond substituents is 2. The molecule has 0 bridgehead atoms. The predicted molar refractivity (Wildman–Crippen MR) is 292 cm³/mol. The molecule has 0 aliphatic rings. The van der Waals surface area contributed by atoms with Crippen molar-refractivity contribution in [2.24, 2.45) is 5.41 Å². The van der Waals surface area contributed by atoms with Crippen LogP contribution in [0.15, 0.2) is 24.3 Å². The quantitative estimate of drug-likeness (QED) is 0.0297. The van der Waals surface area contributed by atoms with Crippen LogP contribution in [0.1, 0.15) is 266 Å². The van der Waals surface area contributed by atoms with Crippen molar-refractivity contribution in [2.45, 2.75) is 271 Å². The van der Waals surface area contributed by atoms with Gasteiger partial charge in [0.2, 0.25) is 4.27 Å². The first-order valence-corrected chi connectivity index (χ1v) is 28.6. The minimum atomic E-state index is -2.03. The Morgan fingerprint density at radius 2 is 0.701 bits per heavy atom. The molecule has 0 heterocycles. The van der Waals surface area contributed by atoms with Crippen LogP contribution in [0.3, 0.4) is 0 Å². The third-order valence-electron chi connectivity index (χ3n) is 13.4. The highest BCUT2D eigenvalue weighted by atomic mass is 32.2. The van der Waals surface area contributed by atoms with E-state index >= 15 is 4.79 Å². The van der Waals surface area contributed by atoms with Crippen molar-refractivity contribution in [2.75, 3.05) is 11.5 Å². The molecular formula is C59H100O6S2. The van der Waals surface area contributed by atoms with E-state index in [2.05, 4.69) is 13.8 Å². The van der Waals surface area contributed by atoms with Crippen LogP contribution in [0.25, 0.3) is 0 Å². The second-order valence-electron chi connectivity index (χ2n) is 24.1. The van der Waals surface area contributed by atoms with Gasteiger partial charge in [-0.05, 0) is 99.2 Å². The molecule has 8 heteroatoms. The largest absolute Gasteiger partial charge is 0.507 e. The van der Waals surface area contributed by atoms with Crippen molar-refractivity contribution in [1.82, 2.24) is 0 Å². The molecule has 0 saturated carbocycles. The van der Waals surface area contributed by atoms with Crippen LogP contribution in [0, 0.1) is 5.41 Å². The number of unbranched alkanes of at least 4 members (excludes halogenated alkanes) is 18. The number of carbonyl (C=O) groups excluding carboxylic acids is 1. The number of carboxylic acid groups (broad SMARTS) is 1. The molecule has 0 aromatic heterocycles. The Hall–Kier alpha value is -2.32. The highest BCUT2D eigenvalue weighted by molar-refractivity contribution is 8.17. The van der Waals surface area contributed by atoms with Gasteiger partial charge < -0.3 is 20.1 Å². The highest BCUT2D eigenvalue weighted by Crippen LogP contribution is 2.47. The molecule has 2 aromatic rings. The molecule has 0 aliphatic heterocycles. The summed E-state index contributed by atoms with van der Waals surface area (Å²) in [5.41, 5.74) is 0.308. The van der Waals surface area contributed by atoms with Gasteiger partial charge in [-0.25, -0.2) is 0 Å². The zero-order valence-electron chi connectivity index (χ0n) is 45.7. The molecule has 384 valence electrons. The lowest BCUT2D eigenvalue weighted by atomic mass is 9.71. The minimum Gasteiger partial charge on any atom is -0.507 e. The number of phenols is 2. The number of carboxylic acids is 1. The summed E-state index contributed by atoms with van der Waals surface area (Å²) in [5.74, 6) is 0.0394. The second-order valence-corrected chi connectivity index (χ2v) is 27.3. The number of aliphatic carboxylic acids is 1. The number of hydrogen-bond acceptors (Lipinski definition) is 7. The Labute approximate surface area is 420 Å². The number of thioether (sulfide) groups is 2. The smallest absolute Gasteiger partial charge is 0.326 e. The van der Waals surface area contributed by atoms with Crippen LogP contribution in [-0.4, -0.2) is 43.0 Å². The van der Waals surface area contributed by atoms with E-state index in [1.165, 1.54) is 103 Å². The van der Waals surface area contributed by atoms with Crippen LogP contribution in [0.4, 0.5) is 0 Å². The van der Waals surface area contributed by atoms with Gasteiger partial charge >= 0.3 is 11.9 Å². The number of benzene rings is 2. The molecule has 6 nitrogen and oxygen atoms in total. The standard InChI is InChI=1S/C59H100O6S2/c1-16-18-20-22-24-26-28-30-32-34-36-66-58(15,67-37-35-33-31-29-27-25-23-21-19-17-2)65-53(64)59(52(62)63,42-44-38-46(54(3,4)5)50(60)47(39-44)55(6,7)8)43-45-40-48(56(9,10)11)51(61)49(41-45)57(12,13)14/h38-41,60-61H,16-37,42-43H2,1-15H3,(H,62,63). The summed E-state index contributed by atoms with van der Waals surface area (Å²) in [6.45, 7) is 31.0. The lowest BCUT2D eigenvalue weighted by molar-refractivity contribution is -0.170. The van der Waals surface area contributed by atoms with Crippen molar-refractivity contribution in [3.8, 4) is 11.5 Å². The Balaban J connectivity index is 2.65. The van der Waals surface area contributed by atoms with Crippen molar-refractivity contribution >= 4 is 35.5 Å². The first kappa shape index (κ1) is 60.8. The topological polar surface area (TPSA) is 104 Å². The highest BCUT2D eigenvalue weighted by Gasteiger charge is 2.51. The molecule has 2 aromatic carbocycles. The number of carbonyl (C=O) groups is 2. The van der Waals surface area contributed by atoms with Crippen LogP contribution in [-0.2, 0) is 48.8 Å². The zero-order chi connectivity index (χ0) is 50.7. The van der Waals surface area contributed by atoms with Gasteiger partial charge in [-0.15, -0.1) is 23.5 Å². The third-order valence-corrected chi connectivity index (χ3v) is 16.3. The summed E-state index contributed by atoms with van der Waals surface area (Å²) in [4.78, 5) is 29.8. The van der Waals surface area contributed by atoms with Crippen molar-refractivity contribution in [1.29, 1.82) is 0 Å². The minimum absolute atomic E-state index is 0.132. The average molecular weight is 970 g/mol. The summed E-state index contributed by atoms with van der Waals surface area (Å²) in [7, 11) is 0. The molecule has 0 fully saturated rings. The first-order chi connectivity index (χ1) is 31.1. The van der Waals surface area contributed by atoms with E-state index in [9.17, 15) is 20.1 Å². The number of ether oxygens (including phenoxy) is 1. The maximum atomic E-state index is 15.5. The van der Waals surface area contributed by atoms with Crippen molar-refractivity contribution in [3.63, 3.8) is 0 Å². The molecule has 0 saturated heterocycles. The lowest BCUT2D eigenvalue weighted by Crippen LogP contribution is -2.47. The molecule has 3 N–H and O–H groups in total. The van der Waals surface area contributed by atoms with E-state index in [4.69, 9.17) is 4.74 Å². The summed E-state index contributed by atoms with van der Waals surface area (Å²) in [5, 5.41) is 35.1. The van der Waals surface area contributed by atoms with Crippen LogP contribution in [0.5, 0.6) is 11.5 Å². The van der Waals surface area contributed by atoms with Gasteiger partial charge in [0.1, 0.15) is 11.5 Å². The van der Waals surface area contributed by atoms with Crippen LogP contribution < -0.4 is 0 Å². The summed E-state index contributed by atoms with van der Waals surface area (Å²) in [6, 6.07) is 7.58. The Kier molecular flexibility index (Phi) is 25.3. The summed E-state index contributed by atoms with van der Waals surface area (Å²) >= 11 is 3.28. The van der Waals surface area contributed by atoms with Gasteiger partial charge in [-0.2, -0.15) is 0 Å². The number of rotatable bonds is 31. The Morgan fingerprint density at radius 1 is 0.448 bits per heavy atom. The molecular weight excluding hydrogens is 869 g/mol. The van der Waals surface area contributed by atoms with E-state index < -0.39 is 43.3 Å². The fourth-order valence-corrected chi connectivity index (χ4v) is 11.6. The first-order valence-electron chi connectivity index (χ1n) is 26.6. The fraction of sp³-hybridized carbons (Fsp3) is 0.763. The van der Waals surface area contributed by atoms with Gasteiger partial charge in [0, 0.05) is 0 Å². The van der Waals surface area contributed by atoms with E-state index in [0.29, 0.717) is 33.4 Å². The summed E-state index contributed by atoms with van der Waals surface area (Å²) in [6.07, 6.45) is 24.5. The predicted octanol–water partition coefficient (Wildman–Crippen LogP) is 17.7. The molecule has 0 radical (unpaired) electrons. The van der Waals surface area contributed by atoms with Gasteiger partial charge in [0.15, 0.2) is 5.41 Å². The Bertz CT molecular complexity index is 1610. The number of aromatic hydroxyl groups is 2. The van der Waals surface area contributed by atoms with Crippen molar-refractivity contribution < 1.29 is 29.6 Å². The van der Waals surface area contributed by atoms with Crippen LogP contribution >= 0.6 is 23.5 Å². The molecule has 0 aliphatic carbocycles. The van der Waals surface area contributed by atoms with E-state index in [-0.39, 0.29) is 24.3 Å².